The van der Waals surface area contributed by atoms with E-state index in [1.165, 1.54) is 0 Å². The minimum Gasteiger partial charge on any atom is -0.334 e. The summed E-state index contributed by atoms with van der Waals surface area (Å²) in [5.41, 5.74) is 10.0. The number of nitrogens with one attached hydrogen (secondary N) is 3. The van der Waals surface area contributed by atoms with Crippen molar-refractivity contribution in [1.82, 2.24) is 25.9 Å². The average Bonchev–Trinajstić information content (AvgIpc) is 3.25. The average molecular weight is 297 g/mol. The summed E-state index contributed by atoms with van der Waals surface area (Å²) < 4.78 is 5.34. The molecule has 8 heteroatoms. The van der Waals surface area contributed by atoms with E-state index in [-0.39, 0.29) is 0 Å². The number of anilines is 2. The number of aromatic nitrogens is 4. The second kappa shape index (κ2) is 4.85. The minimum atomic E-state index is 0.343. The van der Waals surface area contributed by atoms with Crippen molar-refractivity contribution in [2.24, 2.45) is 0 Å². The maximum absolute atomic E-state index is 5.34. The fraction of sp³-hybridized carbons (Fsp3) is 0.214. The Morgan fingerprint density at radius 3 is 2.91 bits per heavy atom. The highest BCUT2D eigenvalue weighted by molar-refractivity contribution is 5.78. The van der Waals surface area contributed by atoms with Gasteiger partial charge in [0.15, 0.2) is 0 Å². The Balaban J connectivity index is 1.67. The Morgan fingerprint density at radius 1 is 1.23 bits per heavy atom. The molecular formula is C14H15N7O. The second-order valence-corrected chi connectivity index (χ2v) is 5.34. The van der Waals surface area contributed by atoms with Crippen LogP contribution in [0.3, 0.4) is 0 Å². The lowest BCUT2D eigenvalue weighted by atomic mass is 10.1. The van der Waals surface area contributed by atoms with Gasteiger partial charge in [0.2, 0.25) is 5.82 Å². The van der Waals surface area contributed by atoms with E-state index >= 15 is 0 Å². The summed E-state index contributed by atoms with van der Waals surface area (Å²) in [4.78, 5) is 4.40. The van der Waals surface area contributed by atoms with E-state index < -0.39 is 0 Å². The van der Waals surface area contributed by atoms with Crippen LogP contribution in [0.4, 0.5) is 11.4 Å². The molecule has 0 bridgehead atoms. The van der Waals surface area contributed by atoms with Gasteiger partial charge in [0.05, 0.1) is 23.1 Å². The largest absolute Gasteiger partial charge is 0.334 e. The zero-order chi connectivity index (χ0) is 15.1. The molecular weight excluding hydrogens is 282 g/mol. The molecule has 3 aromatic rings. The molecule has 0 spiro atoms. The zero-order valence-corrected chi connectivity index (χ0v) is 12.2. The van der Waals surface area contributed by atoms with E-state index in [4.69, 9.17) is 4.52 Å². The number of rotatable bonds is 3. The molecule has 2 aromatic heterocycles. The van der Waals surface area contributed by atoms with Crippen LogP contribution < -0.4 is 16.0 Å². The molecule has 0 aliphatic carbocycles. The van der Waals surface area contributed by atoms with Gasteiger partial charge in [-0.05, 0) is 32.0 Å². The van der Waals surface area contributed by atoms with Gasteiger partial charge in [0.1, 0.15) is 0 Å². The van der Waals surface area contributed by atoms with Crippen molar-refractivity contribution in [3.63, 3.8) is 0 Å². The lowest BCUT2D eigenvalue weighted by Gasteiger charge is -2.21. The van der Waals surface area contributed by atoms with E-state index in [2.05, 4.69) is 50.2 Å². The van der Waals surface area contributed by atoms with Crippen LogP contribution in [0.15, 0.2) is 35.1 Å². The molecule has 22 heavy (non-hydrogen) atoms. The van der Waals surface area contributed by atoms with Crippen LogP contribution in [-0.2, 0) is 0 Å². The number of hydrogen-bond acceptors (Lipinski definition) is 7. The molecule has 8 nitrogen and oxygen atoms in total. The van der Waals surface area contributed by atoms with E-state index in [0.717, 1.165) is 22.5 Å². The number of aromatic amines is 1. The first-order valence-corrected chi connectivity index (χ1v) is 7.00. The highest BCUT2D eigenvalue weighted by Gasteiger charge is 2.22. The summed E-state index contributed by atoms with van der Waals surface area (Å²) in [5, 5.41) is 12.7. The SMILES string of the molecule is CC(C)N1NNc2cc(-c3nc(-c4cn[nH]c4)no3)ccc21. The van der Waals surface area contributed by atoms with Crippen LogP contribution in [0.2, 0.25) is 0 Å². The summed E-state index contributed by atoms with van der Waals surface area (Å²) in [6.07, 6.45) is 3.38. The van der Waals surface area contributed by atoms with Crippen molar-refractivity contribution in [2.75, 3.05) is 10.4 Å². The summed E-state index contributed by atoms with van der Waals surface area (Å²) in [6.45, 7) is 4.24. The van der Waals surface area contributed by atoms with Gasteiger partial charge in [-0.3, -0.25) is 10.1 Å². The van der Waals surface area contributed by atoms with Crippen molar-refractivity contribution in [1.29, 1.82) is 0 Å². The third-order valence-electron chi connectivity index (χ3n) is 3.51. The van der Waals surface area contributed by atoms with Crippen molar-refractivity contribution >= 4 is 11.4 Å². The van der Waals surface area contributed by atoms with Gasteiger partial charge in [-0.2, -0.15) is 10.1 Å². The summed E-state index contributed by atoms with van der Waals surface area (Å²) in [7, 11) is 0. The van der Waals surface area contributed by atoms with Gasteiger partial charge in [0.25, 0.3) is 5.89 Å². The molecule has 1 aliphatic heterocycles. The second-order valence-electron chi connectivity index (χ2n) is 5.34. The first-order valence-electron chi connectivity index (χ1n) is 7.00. The lowest BCUT2D eigenvalue weighted by molar-refractivity contribution is 0.432. The smallest absolute Gasteiger partial charge is 0.258 e. The first kappa shape index (κ1) is 12.8. The number of hydrogen-bond donors (Lipinski definition) is 3. The van der Waals surface area contributed by atoms with Crippen LogP contribution in [0.25, 0.3) is 22.8 Å². The molecule has 0 unspecified atom stereocenters. The van der Waals surface area contributed by atoms with Crippen LogP contribution in [0.1, 0.15) is 13.8 Å². The molecule has 112 valence electrons. The van der Waals surface area contributed by atoms with Crippen molar-refractivity contribution in [3.05, 3.63) is 30.6 Å². The molecule has 4 rings (SSSR count). The van der Waals surface area contributed by atoms with Gasteiger partial charge in [-0.15, -0.1) is 5.53 Å². The van der Waals surface area contributed by atoms with E-state index in [1.54, 1.807) is 12.4 Å². The number of H-pyrrole nitrogens is 1. The van der Waals surface area contributed by atoms with Crippen LogP contribution in [-0.4, -0.2) is 26.4 Å². The fourth-order valence-electron chi connectivity index (χ4n) is 2.40. The van der Waals surface area contributed by atoms with Gasteiger partial charge < -0.3 is 9.95 Å². The minimum absolute atomic E-state index is 0.343. The normalized spacial score (nSPS) is 13.5. The molecule has 3 N–H and O–H groups in total. The van der Waals surface area contributed by atoms with Gasteiger partial charge >= 0.3 is 0 Å². The highest BCUT2D eigenvalue weighted by Crippen LogP contribution is 2.34. The molecule has 0 fully saturated rings. The third-order valence-corrected chi connectivity index (χ3v) is 3.51. The van der Waals surface area contributed by atoms with Crippen molar-refractivity contribution < 1.29 is 4.52 Å². The molecule has 0 radical (unpaired) electrons. The van der Waals surface area contributed by atoms with Crippen molar-refractivity contribution in [2.45, 2.75) is 19.9 Å². The van der Waals surface area contributed by atoms with Gasteiger partial charge in [-0.1, -0.05) is 5.16 Å². The fourth-order valence-corrected chi connectivity index (χ4v) is 2.40. The monoisotopic (exact) mass is 297 g/mol. The van der Waals surface area contributed by atoms with E-state index in [9.17, 15) is 0 Å². The van der Waals surface area contributed by atoms with Crippen molar-refractivity contribution in [3.8, 4) is 22.8 Å². The Morgan fingerprint density at radius 2 is 2.14 bits per heavy atom. The third kappa shape index (κ3) is 2.01. The number of hydrazine groups is 2. The summed E-state index contributed by atoms with van der Waals surface area (Å²) >= 11 is 0. The summed E-state index contributed by atoms with van der Waals surface area (Å²) in [5.74, 6) is 0.989. The maximum Gasteiger partial charge on any atom is 0.258 e. The molecule has 1 aliphatic rings. The molecule has 3 heterocycles. The molecule has 0 atom stereocenters. The van der Waals surface area contributed by atoms with Crippen LogP contribution >= 0.6 is 0 Å². The first-order chi connectivity index (χ1) is 10.7. The zero-order valence-electron chi connectivity index (χ0n) is 12.2. The molecule has 0 saturated carbocycles. The topological polar surface area (TPSA) is 94.9 Å². The number of fused-ring (bicyclic) bond motifs is 1. The molecule has 1 aromatic carbocycles. The van der Waals surface area contributed by atoms with E-state index in [0.29, 0.717) is 17.8 Å². The Labute approximate surface area is 126 Å². The Hall–Kier alpha value is -2.87. The Bertz CT molecular complexity index is 793. The van der Waals surface area contributed by atoms with Crippen LogP contribution in [0, 0.1) is 0 Å². The van der Waals surface area contributed by atoms with Gasteiger partial charge in [0, 0.05) is 17.8 Å². The lowest BCUT2D eigenvalue weighted by Crippen LogP contribution is -2.41. The Kier molecular flexibility index (Phi) is 2.83. The number of nitrogens with zero attached hydrogens (tertiary/aromatic N) is 4. The number of benzene rings is 1. The van der Waals surface area contributed by atoms with E-state index in [1.807, 2.05) is 18.2 Å². The summed E-state index contributed by atoms with van der Waals surface area (Å²) in [6, 6.07) is 6.32. The van der Waals surface area contributed by atoms with Gasteiger partial charge in [-0.25, -0.2) is 0 Å². The molecule has 0 saturated heterocycles. The highest BCUT2D eigenvalue weighted by atomic mass is 16.5. The predicted molar refractivity (Wildman–Crippen MR) is 81.7 cm³/mol. The maximum atomic E-state index is 5.34. The quantitative estimate of drug-likeness (QED) is 0.682. The standard InChI is InChI=1S/C14H15N7O/c1-8(2)21-12-4-3-9(5-11(12)18-20-21)14-17-13(19-22-14)10-6-15-16-7-10/h3-8,18,20H,1-2H3,(H,15,16). The van der Waals surface area contributed by atoms with Crippen LogP contribution in [0.5, 0.6) is 0 Å². The molecule has 0 amide bonds. The predicted octanol–water partition coefficient (Wildman–Crippen LogP) is 2.19.